The number of ether oxygens (including phenoxy) is 2. The fourth-order valence-electron chi connectivity index (χ4n) is 2.77. The van der Waals surface area contributed by atoms with Crippen molar-refractivity contribution < 1.29 is 9.47 Å². The van der Waals surface area contributed by atoms with Crippen LogP contribution in [0.15, 0.2) is 18.2 Å². The molecule has 4 nitrogen and oxygen atoms in total. The molecule has 1 fully saturated rings. The summed E-state index contributed by atoms with van der Waals surface area (Å²) in [6.45, 7) is 9.80. The van der Waals surface area contributed by atoms with Crippen LogP contribution in [0.25, 0.3) is 0 Å². The third-order valence-corrected chi connectivity index (χ3v) is 3.99. The van der Waals surface area contributed by atoms with Crippen molar-refractivity contribution in [3.05, 3.63) is 23.8 Å². The molecule has 2 N–H and O–H groups in total. The smallest absolute Gasteiger partial charge is 0.161 e. The molecule has 0 unspecified atom stereocenters. The summed E-state index contributed by atoms with van der Waals surface area (Å²) in [7, 11) is 0. The Morgan fingerprint density at radius 1 is 1.14 bits per heavy atom. The van der Waals surface area contributed by atoms with Crippen LogP contribution in [0.2, 0.25) is 0 Å². The molecule has 0 spiro atoms. The molecule has 1 heterocycles. The van der Waals surface area contributed by atoms with Crippen molar-refractivity contribution in [3.8, 4) is 11.5 Å². The lowest BCUT2D eigenvalue weighted by Gasteiger charge is -2.23. The summed E-state index contributed by atoms with van der Waals surface area (Å²) in [4.78, 5) is 0. The second-order valence-electron chi connectivity index (χ2n) is 5.89. The highest BCUT2D eigenvalue weighted by atomic mass is 16.5. The maximum absolute atomic E-state index is 5.74. The van der Waals surface area contributed by atoms with E-state index >= 15 is 0 Å². The number of benzene rings is 1. The minimum absolute atomic E-state index is 0.661. The van der Waals surface area contributed by atoms with Gasteiger partial charge >= 0.3 is 0 Å². The Morgan fingerprint density at radius 2 is 1.95 bits per heavy atom. The highest BCUT2D eigenvalue weighted by Gasteiger charge is 2.12. The highest BCUT2D eigenvalue weighted by molar-refractivity contribution is 5.43. The van der Waals surface area contributed by atoms with E-state index < -0.39 is 0 Å². The van der Waals surface area contributed by atoms with Crippen LogP contribution in [0.3, 0.4) is 0 Å². The summed E-state index contributed by atoms with van der Waals surface area (Å²) >= 11 is 0. The summed E-state index contributed by atoms with van der Waals surface area (Å²) in [5.74, 6) is 2.52. The predicted octanol–water partition coefficient (Wildman–Crippen LogP) is 2.96. The molecule has 1 aromatic carbocycles. The highest BCUT2D eigenvalue weighted by Crippen LogP contribution is 2.28. The molecule has 1 aromatic rings. The van der Waals surface area contributed by atoms with Gasteiger partial charge in [0.1, 0.15) is 0 Å². The van der Waals surface area contributed by atoms with Crippen molar-refractivity contribution in [2.75, 3.05) is 32.8 Å². The Kier molecular flexibility index (Phi) is 7.54. The van der Waals surface area contributed by atoms with Crippen molar-refractivity contribution in [1.82, 2.24) is 10.6 Å². The Hall–Kier alpha value is -1.26. The van der Waals surface area contributed by atoms with E-state index in [1.807, 2.05) is 13.0 Å². The van der Waals surface area contributed by atoms with Crippen molar-refractivity contribution >= 4 is 0 Å². The fraction of sp³-hybridized carbons (Fsp3) is 0.667. The molecule has 1 aliphatic rings. The maximum Gasteiger partial charge on any atom is 0.161 e. The Balaban J connectivity index is 1.85. The van der Waals surface area contributed by atoms with Crippen molar-refractivity contribution in [1.29, 1.82) is 0 Å². The van der Waals surface area contributed by atoms with Crippen LogP contribution in [0.5, 0.6) is 11.5 Å². The van der Waals surface area contributed by atoms with E-state index in [9.17, 15) is 0 Å². The SMILES string of the molecule is CCCOc1ccc(CNCC2CCNCC2)cc1OCC. The molecule has 0 bridgehead atoms. The lowest BCUT2D eigenvalue weighted by molar-refractivity contribution is 0.276. The third kappa shape index (κ3) is 5.50. The topological polar surface area (TPSA) is 42.5 Å². The molecule has 0 aromatic heterocycles. The van der Waals surface area contributed by atoms with Gasteiger partial charge < -0.3 is 20.1 Å². The van der Waals surface area contributed by atoms with E-state index in [1.165, 1.54) is 18.4 Å². The van der Waals surface area contributed by atoms with E-state index in [2.05, 4.69) is 29.7 Å². The van der Waals surface area contributed by atoms with Gasteiger partial charge in [-0.1, -0.05) is 13.0 Å². The number of nitrogens with one attached hydrogen (secondary N) is 2. The number of hydrogen-bond donors (Lipinski definition) is 2. The van der Waals surface area contributed by atoms with Crippen molar-refractivity contribution in [2.45, 2.75) is 39.7 Å². The number of hydrogen-bond acceptors (Lipinski definition) is 4. The lowest BCUT2D eigenvalue weighted by Crippen LogP contribution is -2.33. The molecular weight excluding hydrogens is 276 g/mol. The zero-order valence-corrected chi connectivity index (χ0v) is 14.0. The van der Waals surface area contributed by atoms with Crippen LogP contribution in [0.4, 0.5) is 0 Å². The molecule has 0 saturated carbocycles. The van der Waals surface area contributed by atoms with Gasteiger partial charge in [0, 0.05) is 6.54 Å². The summed E-state index contributed by atoms with van der Waals surface area (Å²) in [6, 6.07) is 6.26. The van der Waals surface area contributed by atoms with Gasteiger partial charge in [-0.25, -0.2) is 0 Å². The minimum atomic E-state index is 0.661. The monoisotopic (exact) mass is 306 g/mol. The van der Waals surface area contributed by atoms with E-state index in [-0.39, 0.29) is 0 Å². The normalized spacial score (nSPS) is 15.7. The number of rotatable bonds is 9. The van der Waals surface area contributed by atoms with E-state index in [4.69, 9.17) is 9.47 Å². The second-order valence-corrected chi connectivity index (χ2v) is 5.89. The summed E-state index contributed by atoms with van der Waals surface area (Å²) < 4.78 is 11.5. The molecule has 0 aliphatic carbocycles. The largest absolute Gasteiger partial charge is 0.490 e. The van der Waals surface area contributed by atoms with Gasteiger partial charge in [-0.3, -0.25) is 0 Å². The first-order chi connectivity index (χ1) is 10.8. The van der Waals surface area contributed by atoms with Gasteiger partial charge in [-0.2, -0.15) is 0 Å². The van der Waals surface area contributed by atoms with Crippen LogP contribution >= 0.6 is 0 Å². The van der Waals surface area contributed by atoms with Crippen LogP contribution in [-0.4, -0.2) is 32.8 Å². The van der Waals surface area contributed by atoms with Gasteiger partial charge in [0.05, 0.1) is 13.2 Å². The van der Waals surface area contributed by atoms with Gasteiger partial charge in [0.15, 0.2) is 11.5 Å². The Labute approximate surface area is 134 Å². The van der Waals surface area contributed by atoms with Crippen LogP contribution in [0, 0.1) is 5.92 Å². The van der Waals surface area contributed by atoms with Crippen LogP contribution < -0.4 is 20.1 Å². The molecule has 22 heavy (non-hydrogen) atoms. The predicted molar refractivity (Wildman–Crippen MR) is 90.7 cm³/mol. The molecule has 2 rings (SSSR count). The Bertz CT molecular complexity index is 431. The van der Waals surface area contributed by atoms with E-state index in [0.29, 0.717) is 6.61 Å². The first-order valence-electron chi connectivity index (χ1n) is 8.63. The molecule has 1 aliphatic heterocycles. The molecule has 0 radical (unpaired) electrons. The van der Waals surface area contributed by atoms with E-state index in [0.717, 1.165) is 56.6 Å². The van der Waals surface area contributed by atoms with Crippen molar-refractivity contribution in [2.24, 2.45) is 5.92 Å². The zero-order chi connectivity index (χ0) is 15.6. The molecule has 1 saturated heterocycles. The maximum atomic E-state index is 5.74. The average molecular weight is 306 g/mol. The molecule has 4 heteroatoms. The van der Waals surface area contributed by atoms with Crippen LogP contribution in [0.1, 0.15) is 38.7 Å². The lowest BCUT2D eigenvalue weighted by atomic mass is 9.98. The molecule has 0 atom stereocenters. The number of piperidine rings is 1. The van der Waals surface area contributed by atoms with Crippen molar-refractivity contribution in [3.63, 3.8) is 0 Å². The Morgan fingerprint density at radius 3 is 2.68 bits per heavy atom. The average Bonchev–Trinajstić information content (AvgIpc) is 2.55. The fourth-order valence-corrected chi connectivity index (χ4v) is 2.77. The summed E-state index contributed by atoms with van der Waals surface area (Å²) in [6.07, 6.45) is 3.56. The molecule has 0 amide bonds. The first-order valence-corrected chi connectivity index (χ1v) is 8.63. The van der Waals surface area contributed by atoms with Crippen LogP contribution in [-0.2, 0) is 6.54 Å². The summed E-state index contributed by atoms with van der Waals surface area (Å²) in [5.41, 5.74) is 1.25. The quantitative estimate of drug-likeness (QED) is 0.736. The first kappa shape index (κ1) is 17.1. The zero-order valence-electron chi connectivity index (χ0n) is 14.0. The molecular formula is C18H30N2O2. The third-order valence-electron chi connectivity index (χ3n) is 3.99. The second kappa shape index (κ2) is 9.70. The van der Waals surface area contributed by atoms with Gasteiger partial charge in [0.25, 0.3) is 0 Å². The van der Waals surface area contributed by atoms with E-state index in [1.54, 1.807) is 0 Å². The van der Waals surface area contributed by atoms with Gasteiger partial charge in [-0.15, -0.1) is 0 Å². The summed E-state index contributed by atoms with van der Waals surface area (Å²) in [5, 5.41) is 6.99. The standard InChI is InChI=1S/C18H30N2O2/c1-3-11-22-17-6-5-16(12-18(17)21-4-2)14-20-13-15-7-9-19-10-8-15/h5-6,12,15,19-20H,3-4,7-11,13-14H2,1-2H3. The van der Waals surface area contributed by atoms with Gasteiger partial charge in [0.2, 0.25) is 0 Å². The minimum Gasteiger partial charge on any atom is -0.490 e. The van der Waals surface area contributed by atoms with Gasteiger partial charge in [-0.05, 0) is 69.4 Å². The molecule has 124 valence electrons.